The van der Waals surface area contributed by atoms with Crippen molar-refractivity contribution in [2.75, 3.05) is 6.54 Å². The summed E-state index contributed by atoms with van der Waals surface area (Å²) >= 11 is 0. The highest BCUT2D eigenvalue weighted by atomic mass is 16.5. The van der Waals surface area contributed by atoms with E-state index in [1.807, 2.05) is 60.7 Å². The highest BCUT2D eigenvalue weighted by Gasteiger charge is 2.35. The molecule has 3 aromatic rings. The third-order valence-corrected chi connectivity index (χ3v) is 5.98. The van der Waals surface area contributed by atoms with Crippen molar-refractivity contribution in [1.29, 1.82) is 0 Å². The van der Waals surface area contributed by atoms with Crippen molar-refractivity contribution in [3.8, 4) is 11.1 Å². The van der Waals surface area contributed by atoms with Gasteiger partial charge in [0.15, 0.2) is 0 Å². The smallest absolute Gasteiger partial charge is 0.407 e. The van der Waals surface area contributed by atoms with Crippen LogP contribution in [0.25, 0.3) is 11.1 Å². The monoisotopic (exact) mass is 417 g/mol. The lowest BCUT2D eigenvalue weighted by atomic mass is 9.81. The van der Waals surface area contributed by atoms with Crippen molar-refractivity contribution in [2.24, 2.45) is 0 Å². The van der Waals surface area contributed by atoms with E-state index in [-0.39, 0.29) is 18.6 Å². The number of amides is 1. The van der Waals surface area contributed by atoms with E-state index in [9.17, 15) is 15.0 Å². The van der Waals surface area contributed by atoms with Crippen LogP contribution in [-0.2, 0) is 16.8 Å². The van der Waals surface area contributed by atoms with Gasteiger partial charge in [0.05, 0.1) is 0 Å². The van der Waals surface area contributed by atoms with Gasteiger partial charge in [-0.1, -0.05) is 86.6 Å². The molecule has 0 aliphatic heterocycles. The van der Waals surface area contributed by atoms with Crippen molar-refractivity contribution in [1.82, 2.24) is 5.32 Å². The van der Waals surface area contributed by atoms with Crippen LogP contribution in [0.4, 0.5) is 4.79 Å². The number of aliphatic hydroxyl groups excluding tert-OH is 2. The number of nitrogens with one attached hydrogen (secondary N) is 1. The highest BCUT2D eigenvalue weighted by molar-refractivity contribution is 5.80. The van der Waals surface area contributed by atoms with Crippen molar-refractivity contribution in [2.45, 2.75) is 38.1 Å². The first-order valence-electron chi connectivity index (χ1n) is 10.4. The molecule has 1 aliphatic carbocycles. The second kappa shape index (κ2) is 8.53. The summed E-state index contributed by atoms with van der Waals surface area (Å²) in [4.78, 5) is 11.9. The number of hydrogen-bond acceptors (Lipinski definition) is 4. The highest BCUT2D eigenvalue weighted by Crippen LogP contribution is 2.49. The summed E-state index contributed by atoms with van der Waals surface area (Å²) in [6, 6.07) is 23.4. The van der Waals surface area contributed by atoms with Crippen LogP contribution in [-0.4, -0.2) is 29.0 Å². The van der Waals surface area contributed by atoms with Crippen molar-refractivity contribution in [3.63, 3.8) is 0 Å². The Morgan fingerprint density at radius 1 is 0.935 bits per heavy atom. The topological polar surface area (TPSA) is 78.8 Å². The molecule has 3 aromatic carbocycles. The van der Waals surface area contributed by atoms with Crippen LogP contribution in [0.1, 0.15) is 42.2 Å². The molecule has 160 valence electrons. The Labute approximate surface area is 182 Å². The quantitative estimate of drug-likeness (QED) is 0.558. The first-order chi connectivity index (χ1) is 14.9. The molecule has 0 spiro atoms. The Morgan fingerprint density at radius 3 is 2.39 bits per heavy atom. The largest absolute Gasteiger partial charge is 0.445 e. The fourth-order valence-corrected chi connectivity index (χ4v) is 4.20. The van der Waals surface area contributed by atoms with Gasteiger partial charge in [0.1, 0.15) is 18.8 Å². The molecule has 0 fully saturated rings. The molecule has 0 heterocycles. The van der Waals surface area contributed by atoms with Gasteiger partial charge < -0.3 is 20.3 Å². The van der Waals surface area contributed by atoms with Gasteiger partial charge in [-0.3, -0.25) is 0 Å². The van der Waals surface area contributed by atoms with Crippen molar-refractivity contribution < 1.29 is 19.7 Å². The van der Waals surface area contributed by atoms with Crippen LogP contribution in [0.5, 0.6) is 0 Å². The predicted molar refractivity (Wildman–Crippen MR) is 120 cm³/mol. The Kier molecular flexibility index (Phi) is 5.81. The average molecular weight is 418 g/mol. The molecule has 0 bridgehead atoms. The molecule has 1 amide bonds. The fraction of sp³-hybridized carbons (Fsp3) is 0.269. The zero-order chi connectivity index (χ0) is 22.0. The van der Waals surface area contributed by atoms with E-state index < -0.39 is 18.3 Å². The fourth-order valence-electron chi connectivity index (χ4n) is 4.20. The lowest BCUT2D eigenvalue weighted by molar-refractivity contribution is 0.0183. The number of hydrogen-bond donors (Lipinski definition) is 3. The molecule has 0 saturated carbocycles. The summed E-state index contributed by atoms with van der Waals surface area (Å²) in [6.07, 6.45) is -2.92. The molecule has 5 nitrogen and oxygen atoms in total. The average Bonchev–Trinajstić information content (AvgIpc) is 3.03. The second-order valence-electron chi connectivity index (χ2n) is 8.43. The summed E-state index contributed by atoms with van der Waals surface area (Å²) in [5.74, 6) is 0. The molecule has 0 radical (unpaired) electrons. The van der Waals surface area contributed by atoms with Gasteiger partial charge in [0.25, 0.3) is 0 Å². The minimum Gasteiger partial charge on any atom is -0.445 e. The number of aliphatic hydroxyl groups is 2. The molecule has 2 atom stereocenters. The summed E-state index contributed by atoms with van der Waals surface area (Å²) < 4.78 is 5.14. The van der Waals surface area contributed by atoms with E-state index in [2.05, 4.69) is 31.3 Å². The molecule has 3 N–H and O–H groups in total. The van der Waals surface area contributed by atoms with Crippen molar-refractivity contribution >= 4 is 6.09 Å². The third-order valence-electron chi connectivity index (χ3n) is 5.98. The van der Waals surface area contributed by atoms with Crippen LogP contribution < -0.4 is 5.32 Å². The zero-order valence-electron chi connectivity index (χ0n) is 17.7. The standard InChI is InChI=1S/C26H27NO4/c1-26(2)21-11-7-6-10-19(21)20-13-12-18(14-22(20)26)24(29)23(28)15-27-25(30)31-16-17-8-4-3-5-9-17/h3-14,23-24,28-29H,15-16H2,1-2H3,(H,27,30). The molecule has 0 aromatic heterocycles. The number of carbonyl (C=O) groups excluding carboxylic acids is 1. The molecular formula is C26H27NO4. The van der Waals surface area contributed by atoms with Gasteiger partial charge in [-0.25, -0.2) is 4.79 Å². The number of fused-ring (bicyclic) bond motifs is 3. The van der Waals surface area contributed by atoms with E-state index in [1.54, 1.807) is 0 Å². The Hall–Kier alpha value is -3.15. The van der Waals surface area contributed by atoms with Gasteiger partial charge in [-0.05, 0) is 33.4 Å². The Bertz CT molecular complexity index is 1080. The minimum atomic E-state index is -1.16. The third kappa shape index (κ3) is 4.20. The lowest BCUT2D eigenvalue weighted by Crippen LogP contribution is -2.35. The summed E-state index contributed by atoms with van der Waals surface area (Å²) in [6.45, 7) is 4.35. The second-order valence-corrected chi connectivity index (χ2v) is 8.43. The van der Waals surface area contributed by atoms with Crippen LogP contribution in [0.2, 0.25) is 0 Å². The maximum absolute atomic E-state index is 11.9. The van der Waals surface area contributed by atoms with E-state index in [0.717, 1.165) is 16.7 Å². The van der Waals surface area contributed by atoms with Crippen LogP contribution in [0.15, 0.2) is 72.8 Å². The van der Waals surface area contributed by atoms with Gasteiger partial charge >= 0.3 is 6.09 Å². The van der Waals surface area contributed by atoms with E-state index in [1.165, 1.54) is 11.1 Å². The summed E-state index contributed by atoms with van der Waals surface area (Å²) in [5, 5.41) is 23.6. The summed E-state index contributed by atoms with van der Waals surface area (Å²) in [7, 11) is 0. The maximum atomic E-state index is 11.9. The van der Waals surface area contributed by atoms with Gasteiger partial charge in [-0.2, -0.15) is 0 Å². The van der Waals surface area contributed by atoms with Gasteiger partial charge in [0.2, 0.25) is 0 Å². The first kappa shape index (κ1) is 21.1. The molecule has 0 saturated heterocycles. The van der Waals surface area contributed by atoms with Crippen molar-refractivity contribution in [3.05, 3.63) is 95.1 Å². The molecule has 5 heteroatoms. The molecule has 4 rings (SSSR count). The van der Waals surface area contributed by atoms with Crippen LogP contribution in [0, 0.1) is 0 Å². The summed E-state index contributed by atoms with van der Waals surface area (Å²) in [5.41, 5.74) is 6.02. The Balaban J connectivity index is 1.39. The molecule has 31 heavy (non-hydrogen) atoms. The van der Waals surface area contributed by atoms with E-state index in [4.69, 9.17) is 4.74 Å². The van der Waals surface area contributed by atoms with Gasteiger partial charge in [0, 0.05) is 12.0 Å². The first-order valence-corrected chi connectivity index (χ1v) is 10.4. The Morgan fingerprint density at radius 2 is 1.61 bits per heavy atom. The maximum Gasteiger partial charge on any atom is 0.407 e. The van der Waals surface area contributed by atoms with Gasteiger partial charge in [-0.15, -0.1) is 0 Å². The SMILES string of the molecule is CC1(C)c2ccccc2-c2ccc(C(O)C(O)CNC(=O)OCc3ccccc3)cc21. The molecule has 1 aliphatic rings. The predicted octanol–water partition coefficient (Wildman–Crippen LogP) is 4.31. The number of alkyl carbamates (subject to hydrolysis) is 1. The van der Waals surface area contributed by atoms with E-state index >= 15 is 0 Å². The zero-order valence-corrected chi connectivity index (χ0v) is 17.7. The number of rotatable bonds is 6. The number of carbonyl (C=O) groups is 1. The lowest BCUT2D eigenvalue weighted by Gasteiger charge is -2.24. The normalized spacial score (nSPS) is 15.5. The molecule has 2 unspecified atom stereocenters. The molecular weight excluding hydrogens is 390 g/mol. The van der Waals surface area contributed by atoms with Crippen LogP contribution >= 0.6 is 0 Å². The van der Waals surface area contributed by atoms with E-state index in [0.29, 0.717) is 5.56 Å². The number of benzene rings is 3. The minimum absolute atomic E-state index is 0.116. The number of ether oxygens (including phenoxy) is 1. The van der Waals surface area contributed by atoms with Crippen LogP contribution in [0.3, 0.4) is 0 Å².